The van der Waals surface area contributed by atoms with E-state index >= 15 is 0 Å². The molecule has 0 saturated carbocycles. The van der Waals surface area contributed by atoms with Crippen molar-refractivity contribution in [2.75, 3.05) is 7.11 Å². The molecule has 2 nitrogen and oxygen atoms in total. The Labute approximate surface area is 119 Å². The molecular weight excluding hydrogens is 253 g/mol. The Morgan fingerprint density at radius 2 is 1.70 bits per heavy atom. The molecule has 20 heavy (non-hydrogen) atoms. The second-order valence-electron chi connectivity index (χ2n) is 5.05. The van der Waals surface area contributed by atoms with E-state index in [1.807, 2.05) is 32.0 Å². The molecule has 1 atom stereocenters. The molecule has 0 heterocycles. The molecule has 0 fully saturated rings. The van der Waals surface area contributed by atoms with Gasteiger partial charge in [-0.2, -0.15) is 0 Å². The van der Waals surface area contributed by atoms with E-state index in [0.29, 0.717) is 12.0 Å². The van der Waals surface area contributed by atoms with Gasteiger partial charge in [0.2, 0.25) is 0 Å². The van der Waals surface area contributed by atoms with Crippen LogP contribution >= 0.6 is 0 Å². The first-order valence-electron chi connectivity index (χ1n) is 6.67. The molecule has 106 valence electrons. The lowest BCUT2D eigenvalue weighted by atomic mass is 9.92. The Bertz CT molecular complexity index is 590. The van der Waals surface area contributed by atoms with Crippen LogP contribution in [-0.4, -0.2) is 7.11 Å². The third-order valence-electron chi connectivity index (χ3n) is 3.62. The van der Waals surface area contributed by atoms with Gasteiger partial charge in [0.05, 0.1) is 7.11 Å². The SMILES string of the molecule is COc1cccc(CC(N)c2c(C)cccc2C)c1F. The van der Waals surface area contributed by atoms with Gasteiger partial charge in [-0.25, -0.2) is 4.39 Å². The average molecular weight is 273 g/mol. The maximum Gasteiger partial charge on any atom is 0.168 e. The summed E-state index contributed by atoms with van der Waals surface area (Å²) in [5, 5.41) is 0. The molecule has 3 heteroatoms. The molecule has 2 rings (SSSR count). The molecule has 0 radical (unpaired) electrons. The van der Waals surface area contributed by atoms with Crippen LogP contribution < -0.4 is 10.5 Å². The van der Waals surface area contributed by atoms with Gasteiger partial charge in [0.15, 0.2) is 11.6 Å². The van der Waals surface area contributed by atoms with E-state index in [1.54, 1.807) is 18.2 Å². The number of nitrogens with two attached hydrogens (primary N) is 1. The van der Waals surface area contributed by atoms with E-state index in [2.05, 4.69) is 0 Å². The molecule has 0 saturated heterocycles. The number of hydrogen-bond donors (Lipinski definition) is 1. The van der Waals surface area contributed by atoms with Crippen LogP contribution in [0.15, 0.2) is 36.4 Å². The highest BCUT2D eigenvalue weighted by Crippen LogP contribution is 2.27. The quantitative estimate of drug-likeness (QED) is 0.922. The maximum atomic E-state index is 14.2. The lowest BCUT2D eigenvalue weighted by molar-refractivity contribution is 0.383. The fourth-order valence-electron chi connectivity index (χ4n) is 2.62. The first-order chi connectivity index (χ1) is 9.54. The highest BCUT2D eigenvalue weighted by molar-refractivity contribution is 5.38. The van der Waals surface area contributed by atoms with Crippen molar-refractivity contribution in [3.63, 3.8) is 0 Å². The van der Waals surface area contributed by atoms with Crippen LogP contribution in [0.3, 0.4) is 0 Å². The van der Waals surface area contributed by atoms with Gasteiger partial charge in [0.25, 0.3) is 0 Å². The zero-order valence-corrected chi connectivity index (χ0v) is 12.1. The lowest BCUT2D eigenvalue weighted by Gasteiger charge is -2.18. The minimum absolute atomic E-state index is 0.224. The Kier molecular flexibility index (Phi) is 4.40. The number of aryl methyl sites for hydroxylation is 2. The largest absolute Gasteiger partial charge is 0.494 e. The Morgan fingerprint density at radius 3 is 2.30 bits per heavy atom. The summed E-state index contributed by atoms with van der Waals surface area (Å²) in [6, 6.07) is 11.0. The molecule has 2 N–H and O–H groups in total. The van der Waals surface area contributed by atoms with Gasteiger partial charge in [0, 0.05) is 6.04 Å². The number of halogens is 1. The second-order valence-corrected chi connectivity index (χ2v) is 5.05. The molecular formula is C17H20FNO. The topological polar surface area (TPSA) is 35.2 Å². The van der Waals surface area contributed by atoms with E-state index in [9.17, 15) is 4.39 Å². The molecule has 0 aliphatic carbocycles. The molecule has 0 aromatic heterocycles. The Balaban J connectivity index is 2.31. The zero-order valence-electron chi connectivity index (χ0n) is 12.1. The van der Waals surface area contributed by atoms with E-state index in [-0.39, 0.29) is 17.6 Å². The van der Waals surface area contributed by atoms with Gasteiger partial charge in [-0.05, 0) is 48.6 Å². The summed E-state index contributed by atoms with van der Waals surface area (Å²) in [6.07, 6.45) is 0.453. The predicted molar refractivity (Wildman–Crippen MR) is 79.5 cm³/mol. The Hall–Kier alpha value is -1.87. The fourth-order valence-corrected chi connectivity index (χ4v) is 2.62. The van der Waals surface area contributed by atoms with Crippen molar-refractivity contribution in [1.82, 2.24) is 0 Å². The molecule has 0 aliphatic rings. The number of benzene rings is 2. The smallest absolute Gasteiger partial charge is 0.168 e. The lowest BCUT2D eigenvalue weighted by Crippen LogP contribution is -2.17. The van der Waals surface area contributed by atoms with Gasteiger partial charge in [0.1, 0.15) is 0 Å². The van der Waals surface area contributed by atoms with Crippen molar-refractivity contribution in [2.45, 2.75) is 26.3 Å². The third-order valence-corrected chi connectivity index (χ3v) is 3.62. The molecule has 1 unspecified atom stereocenters. The Morgan fingerprint density at radius 1 is 1.10 bits per heavy atom. The summed E-state index contributed by atoms with van der Waals surface area (Å²) >= 11 is 0. The van der Waals surface area contributed by atoms with Crippen LogP contribution in [0.5, 0.6) is 5.75 Å². The van der Waals surface area contributed by atoms with Gasteiger partial charge in [-0.3, -0.25) is 0 Å². The normalized spacial score (nSPS) is 12.2. The van der Waals surface area contributed by atoms with Crippen LogP contribution in [0.2, 0.25) is 0 Å². The van der Waals surface area contributed by atoms with E-state index in [4.69, 9.17) is 10.5 Å². The number of hydrogen-bond acceptors (Lipinski definition) is 2. The van der Waals surface area contributed by atoms with E-state index in [1.165, 1.54) is 7.11 Å². The van der Waals surface area contributed by atoms with Crippen molar-refractivity contribution in [3.8, 4) is 5.75 Å². The molecule has 2 aromatic rings. The number of rotatable bonds is 4. The van der Waals surface area contributed by atoms with Gasteiger partial charge in [-0.15, -0.1) is 0 Å². The molecule has 0 spiro atoms. The van der Waals surface area contributed by atoms with Crippen molar-refractivity contribution in [1.29, 1.82) is 0 Å². The average Bonchev–Trinajstić information content (AvgIpc) is 2.41. The van der Waals surface area contributed by atoms with Gasteiger partial charge < -0.3 is 10.5 Å². The standard InChI is InChI=1S/C17H20FNO/c1-11-6-4-7-12(2)16(11)14(19)10-13-8-5-9-15(20-3)17(13)18/h4-9,14H,10,19H2,1-3H3. The zero-order chi connectivity index (χ0) is 14.7. The molecule has 0 aliphatic heterocycles. The first kappa shape index (κ1) is 14.5. The summed E-state index contributed by atoms with van der Waals surface area (Å²) < 4.78 is 19.2. The monoisotopic (exact) mass is 273 g/mol. The summed E-state index contributed by atoms with van der Waals surface area (Å²) in [4.78, 5) is 0. The van der Waals surface area contributed by atoms with Crippen LogP contribution in [0.4, 0.5) is 4.39 Å². The van der Waals surface area contributed by atoms with Crippen molar-refractivity contribution < 1.29 is 9.13 Å². The summed E-state index contributed by atoms with van der Waals surface area (Å²) in [7, 11) is 1.47. The van der Waals surface area contributed by atoms with Gasteiger partial charge >= 0.3 is 0 Å². The maximum absolute atomic E-state index is 14.2. The van der Waals surface area contributed by atoms with Crippen LogP contribution in [0.1, 0.15) is 28.3 Å². The number of methoxy groups -OCH3 is 1. The van der Waals surface area contributed by atoms with Crippen LogP contribution in [-0.2, 0) is 6.42 Å². The van der Waals surface area contributed by atoms with E-state index in [0.717, 1.165) is 16.7 Å². The highest BCUT2D eigenvalue weighted by Gasteiger charge is 2.16. The fraction of sp³-hybridized carbons (Fsp3) is 0.294. The van der Waals surface area contributed by atoms with Gasteiger partial charge in [-0.1, -0.05) is 30.3 Å². The van der Waals surface area contributed by atoms with Crippen LogP contribution in [0.25, 0.3) is 0 Å². The molecule has 0 bridgehead atoms. The highest BCUT2D eigenvalue weighted by atomic mass is 19.1. The molecule has 2 aromatic carbocycles. The van der Waals surface area contributed by atoms with Crippen LogP contribution in [0, 0.1) is 19.7 Å². The van der Waals surface area contributed by atoms with Crippen molar-refractivity contribution >= 4 is 0 Å². The third kappa shape index (κ3) is 2.83. The minimum Gasteiger partial charge on any atom is -0.494 e. The predicted octanol–water partition coefficient (Wildman–Crippen LogP) is 3.69. The first-order valence-corrected chi connectivity index (χ1v) is 6.67. The van der Waals surface area contributed by atoms with E-state index < -0.39 is 0 Å². The second kappa shape index (κ2) is 6.06. The summed E-state index contributed by atoms with van der Waals surface area (Å²) in [5.74, 6) is -0.0621. The minimum atomic E-state index is -0.323. The molecule has 0 amide bonds. The van der Waals surface area contributed by atoms with Crippen molar-refractivity contribution in [2.24, 2.45) is 5.73 Å². The summed E-state index contributed by atoms with van der Waals surface area (Å²) in [5.41, 5.74) is 10.2. The number of ether oxygens (including phenoxy) is 1. The summed E-state index contributed by atoms with van der Waals surface area (Å²) in [6.45, 7) is 4.06. The van der Waals surface area contributed by atoms with Crippen molar-refractivity contribution in [3.05, 3.63) is 64.5 Å².